The fourth-order valence-corrected chi connectivity index (χ4v) is 5.47. The molecule has 212 valence electrons. The van der Waals surface area contributed by atoms with Crippen LogP contribution in [0.5, 0.6) is 5.75 Å². The molecule has 17 heteroatoms. The molecule has 0 aliphatic carbocycles. The molecule has 0 bridgehead atoms. The maximum Gasteiger partial charge on any atom is 0.459 e. The van der Waals surface area contributed by atoms with Gasteiger partial charge in [-0.05, 0) is 37.9 Å². The molecule has 1 aliphatic heterocycles. The first-order valence-electron chi connectivity index (χ1n) is 11.8. The molecule has 1 fully saturated rings. The summed E-state index contributed by atoms with van der Waals surface area (Å²) < 4.78 is 36.7. The topological polar surface area (TPSA) is 207 Å². The van der Waals surface area contributed by atoms with Crippen molar-refractivity contribution in [1.29, 1.82) is 0 Å². The Kier molecular flexibility index (Phi) is 9.97. The highest BCUT2D eigenvalue weighted by molar-refractivity contribution is 7.52. The van der Waals surface area contributed by atoms with Gasteiger partial charge in [-0.1, -0.05) is 35.8 Å². The summed E-state index contributed by atoms with van der Waals surface area (Å²) in [6.07, 6.45) is -2.57. The molecule has 6 atom stereocenters. The number of hydrogen-bond acceptors (Lipinski definition) is 10. The number of rotatable bonds is 12. The smallest absolute Gasteiger partial charge is 0.459 e. The maximum atomic E-state index is 13.8. The van der Waals surface area contributed by atoms with Crippen molar-refractivity contribution < 1.29 is 33.0 Å². The van der Waals surface area contributed by atoms with E-state index in [-0.39, 0.29) is 17.4 Å². The number of H-pyrrole nitrogens is 1. The zero-order valence-corrected chi connectivity index (χ0v) is 22.9. The number of carbonyl (C=O) groups is 1. The van der Waals surface area contributed by atoms with E-state index in [0.717, 1.165) is 16.8 Å². The second-order valence-electron chi connectivity index (χ2n) is 8.74. The summed E-state index contributed by atoms with van der Waals surface area (Å²) in [5.74, 6) is -0.734. The molecule has 0 radical (unpaired) electrons. The van der Waals surface area contributed by atoms with Gasteiger partial charge < -0.3 is 19.1 Å². The van der Waals surface area contributed by atoms with Gasteiger partial charge in [0.05, 0.1) is 24.3 Å². The fourth-order valence-electron chi connectivity index (χ4n) is 3.72. The SMILES string of the molecule is CCCOC(=O)[C@H](C)NP(=O)(OC[C@H]1OC(n2ccc(=O)[nH]c2=O)[C@](C)(N=[N+]=[N-])[C@@H]1O)Oc1ccccc1Cl. The molecule has 0 saturated carbocycles. The molecule has 1 aromatic heterocycles. The lowest BCUT2D eigenvalue weighted by atomic mass is 9.93. The van der Waals surface area contributed by atoms with E-state index in [9.17, 15) is 24.1 Å². The monoisotopic (exact) mass is 586 g/mol. The fraction of sp³-hybridized carbons (Fsp3) is 0.500. The maximum absolute atomic E-state index is 13.8. The lowest BCUT2D eigenvalue weighted by Crippen LogP contribution is -2.45. The van der Waals surface area contributed by atoms with Crippen molar-refractivity contribution in [2.24, 2.45) is 5.11 Å². The van der Waals surface area contributed by atoms with E-state index in [2.05, 4.69) is 20.1 Å². The van der Waals surface area contributed by atoms with E-state index in [1.54, 1.807) is 12.1 Å². The van der Waals surface area contributed by atoms with Gasteiger partial charge in [0.1, 0.15) is 23.4 Å². The van der Waals surface area contributed by atoms with Crippen LogP contribution in [0.3, 0.4) is 0 Å². The molecule has 0 amide bonds. The number of aromatic nitrogens is 2. The summed E-state index contributed by atoms with van der Waals surface area (Å²) in [6.45, 7) is 4.07. The molecule has 2 unspecified atom stereocenters. The minimum Gasteiger partial charge on any atom is -0.465 e. The predicted octanol–water partition coefficient (Wildman–Crippen LogP) is 2.65. The number of halogens is 1. The van der Waals surface area contributed by atoms with E-state index in [4.69, 9.17) is 35.7 Å². The first-order valence-corrected chi connectivity index (χ1v) is 13.7. The van der Waals surface area contributed by atoms with Crippen molar-refractivity contribution in [2.75, 3.05) is 13.2 Å². The summed E-state index contributed by atoms with van der Waals surface area (Å²) in [7, 11) is -4.40. The van der Waals surface area contributed by atoms with E-state index in [1.165, 1.54) is 26.0 Å². The third-order valence-corrected chi connectivity index (χ3v) is 7.68. The average molecular weight is 587 g/mol. The second-order valence-corrected chi connectivity index (χ2v) is 10.8. The van der Waals surface area contributed by atoms with Crippen molar-refractivity contribution in [3.63, 3.8) is 0 Å². The van der Waals surface area contributed by atoms with Gasteiger partial charge in [0.25, 0.3) is 5.56 Å². The molecule has 0 spiro atoms. The van der Waals surface area contributed by atoms with Gasteiger partial charge in [0, 0.05) is 17.2 Å². The number of aliphatic hydroxyl groups is 1. The van der Waals surface area contributed by atoms with Crippen LogP contribution in [0.4, 0.5) is 0 Å². The number of benzene rings is 1. The van der Waals surface area contributed by atoms with Crippen LogP contribution in [-0.4, -0.2) is 57.6 Å². The number of esters is 1. The van der Waals surface area contributed by atoms with Crippen LogP contribution in [0.25, 0.3) is 10.4 Å². The lowest BCUT2D eigenvalue weighted by molar-refractivity contribution is -0.145. The first-order chi connectivity index (χ1) is 18.4. The van der Waals surface area contributed by atoms with E-state index in [0.29, 0.717) is 6.42 Å². The molecule has 2 aromatic rings. The van der Waals surface area contributed by atoms with Gasteiger partial charge in [-0.15, -0.1) is 0 Å². The highest BCUT2D eigenvalue weighted by atomic mass is 35.5. The number of ether oxygens (including phenoxy) is 2. The van der Waals surface area contributed by atoms with E-state index >= 15 is 0 Å². The third kappa shape index (κ3) is 7.08. The van der Waals surface area contributed by atoms with Gasteiger partial charge in [-0.3, -0.25) is 23.7 Å². The van der Waals surface area contributed by atoms with E-state index < -0.39 is 61.6 Å². The normalized spacial score (nSPS) is 24.8. The van der Waals surface area contributed by atoms with Crippen molar-refractivity contribution in [3.05, 3.63) is 72.8 Å². The van der Waals surface area contributed by atoms with E-state index in [1.807, 2.05) is 6.92 Å². The van der Waals surface area contributed by atoms with Crippen LogP contribution in [0, 0.1) is 0 Å². The van der Waals surface area contributed by atoms with Gasteiger partial charge in [-0.25, -0.2) is 9.36 Å². The number of para-hydroxylation sites is 1. The number of aromatic amines is 1. The quantitative estimate of drug-likeness (QED) is 0.109. The predicted molar refractivity (Wildman–Crippen MR) is 138 cm³/mol. The zero-order valence-electron chi connectivity index (χ0n) is 21.2. The Bertz CT molecular complexity index is 1400. The van der Waals surface area contributed by atoms with Crippen molar-refractivity contribution in [2.45, 2.75) is 57.2 Å². The molecular formula is C22H28ClN6O9P. The number of nitrogens with one attached hydrogen (secondary N) is 2. The molecule has 2 heterocycles. The highest BCUT2D eigenvalue weighted by Gasteiger charge is 2.55. The van der Waals surface area contributed by atoms with Crippen LogP contribution < -0.4 is 20.9 Å². The summed E-state index contributed by atoms with van der Waals surface area (Å²) in [4.78, 5) is 41.0. The summed E-state index contributed by atoms with van der Waals surface area (Å²) >= 11 is 6.14. The Morgan fingerprint density at radius 1 is 1.41 bits per heavy atom. The highest BCUT2D eigenvalue weighted by Crippen LogP contribution is 2.48. The Morgan fingerprint density at radius 3 is 2.77 bits per heavy atom. The minimum atomic E-state index is -4.40. The standard InChI is InChI=1S/C22H28ClN6O9P/c1-4-11-35-19(32)13(2)26-39(34,38-15-8-6-5-7-14(15)23)36-12-16-18(31)22(3,27-28-24)20(37-16)29-10-9-17(30)25-21(29)33/h5-10,13,16,18,20,31H,4,11-12H2,1-3H3,(H,26,34)(H,25,30,33)/t13-,16+,18+,20?,22+,39?/m0/s1. The lowest BCUT2D eigenvalue weighted by Gasteiger charge is -2.28. The van der Waals surface area contributed by atoms with Crippen LogP contribution in [0.1, 0.15) is 33.4 Å². The molecule has 39 heavy (non-hydrogen) atoms. The number of nitrogens with zero attached hydrogens (tertiary/aromatic N) is 4. The molecule has 1 saturated heterocycles. The van der Waals surface area contributed by atoms with Crippen LogP contribution in [0.2, 0.25) is 5.02 Å². The van der Waals surface area contributed by atoms with Crippen LogP contribution in [0.15, 0.2) is 51.2 Å². The number of aliphatic hydroxyl groups excluding tert-OH is 1. The second kappa shape index (κ2) is 12.8. The molecule has 15 nitrogen and oxygen atoms in total. The summed E-state index contributed by atoms with van der Waals surface area (Å²) in [5, 5.41) is 17.2. The molecular weight excluding hydrogens is 559 g/mol. The van der Waals surface area contributed by atoms with Gasteiger partial charge in [-0.2, -0.15) is 5.09 Å². The van der Waals surface area contributed by atoms with Gasteiger partial charge in [0.15, 0.2) is 6.23 Å². The molecule has 3 N–H and O–H groups in total. The van der Waals surface area contributed by atoms with Crippen LogP contribution >= 0.6 is 19.3 Å². The largest absolute Gasteiger partial charge is 0.465 e. The first kappa shape index (κ1) is 30.4. The van der Waals surface area contributed by atoms with Crippen molar-refractivity contribution >= 4 is 25.3 Å². The van der Waals surface area contributed by atoms with Crippen LogP contribution in [-0.2, 0) is 23.4 Å². The number of carbonyl (C=O) groups excluding carboxylic acids is 1. The third-order valence-electron chi connectivity index (χ3n) is 5.74. The number of hydrogen-bond donors (Lipinski definition) is 3. The minimum absolute atomic E-state index is 0.0198. The summed E-state index contributed by atoms with van der Waals surface area (Å²) in [5.41, 5.74) is 5.82. The Balaban J connectivity index is 1.88. The Morgan fingerprint density at radius 2 is 2.13 bits per heavy atom. The van der Waals surface area contributed by atoms with Crippen molar-refractivity contribution in [1.82, 2.24) is 14.6 Å². The van der Waals surface area contributed by atoms with Crippen molar-refractivity contribution in [3.8, 4) is 5.75 Å². The zero-order chi connectivity index (χ0) is 28.8. The van der Waals surface area contributed by atoms with Gasteiger partial charge in [0.2, 0.25) is 0 Å². The molecule has 1 aromatic carbocycles. The summed E-state index contributed by atoms with van der Waals surface area (Å²) in [6, 6.07) is 6.02. The van der Waals surface area contributed by atoms with Gasteiger partial charge >= 0.3 is 19.4 Å². The number of azide groups is 1. The Hall–Kier alpha value is -3.16. The molecule has 3 rings (SSSR count). The molecule has 1 aliphatic rings. The average Bonchev–Trinajstić information content (AvgIpc) is 3.12. The Labute approximate surface area is 227 Å².